The monoisotopic (exact) mass is 362 g/mol. The van der Waals surface area contributed by atoms with Gasteiger partial charge < -0.3 is 9.67 Å². The second kappa shape index (κ2) is 6.65. The van der Waals surface area contributed by atoms with Gasteiger partial charge in [0.1, 0.15) is 5.82 Å². The molecule has 4 rings (SSSR count). The van der Waals surface area contributed by atoms with Crippen molar-refractivity contribution in [1.29, 1.82) is 0 Å². The predicted octanol–water partition coefficient (Wildman–Crippen LogP) is 5.10. The fraction of sp³-hybridized carbons (Fsp3) is 0.0476. The molecule has 0 saturated heterocycles. The summed E-state index contributed by atoms with van der Waals surface area (Å²) in [7, 11) is 0. The minimum atomic E-state index is -0.967. The maximum Gasteiger partial charge on any atom is 0.336 e. The predicted molar refractivity (Wildman–Crippen MR) is 103 cm³/mol. The van der Waals surface area contributed by atoms with E-state index in [-0.39, 0.29) is 5.56 Å². The van der Waals surface area contributed by atoms with Gasteiger partial charge in [-0.05, 0) is 35.9 Å². The van der Waals surface area contributed by atoms with Crippen molar-refractivity contribution in [1.82, 2.24) is 9.55 Å². The van der Waals surface area contributed by atoms with Gasteiger partial charge in [-0.25, -0.2) is 9.78 Å². The molecule has 3 aromatic carbocycles. The summed E-state index contributed by atoms with van der Waals surface area (Å²) in [5, 5.41) is 10.2. The molecule has 26 heavy (non-hydrogen) atoms. The van der Waals surface area contributed by atoms with Crippen LogP contribution in [0, 0.1) is 0 Å². The highest BCUT2D eigenvalue weighted by molar-refractivity contribution is 6.30. The molecule has 0 aliphatic rings. The molecule has 0 aliphatic carbocycles. The first-order chi connectivity index (χ1) is 12.6. The van der Waals surface area contributed by atoms with Crippen molar-refractivity contribution in [2.75, 3.05) is 0 Å². The van der Waals surface area contributed by atoms with E-state index in [4.69, 9.17) is 16.6 Å². The number of benzene rings is 3. The van der Waals surface area contributed by atoms with Gasteiger partial charge in [0.2, 0.25) is 0 Å². The fourth-order valence-electron chi connectivity index (χ4n) is 3.08. The van der Waals surface area contributed by atoms with Crippen LogP contribution in [0.15, 0.2) is 72.8 Å². The molecule has 1 N–H and O–H groups in total. The molecule has 0 atom stereocenters. The number of para-hydroxylation sites is 2. The van der Waals surface area contributed by atoms with E-state index in [1.165, 1.54) is 0 Å². The van der Waals surface area contributed by atoms with Gasteiger partial charge in [0, 0.05) is 17.1 Å². The van der Waals surface area contributed by atoms with Crippen molar-refractivity contribution in [3.8, 4) is 11.4 Å². The number of halogens is 1. The summed E-state index contributed by atoms with van der Waals surface area (Å²) in [5.41, 5.74) is 3.69. The Kier molecular flexibility index (Phi) is 4.19. The number of rotatable bonds is 4. The molecule has 0 spiro atoms. The Balaban J connectivity index is 1.93. The number of carbonyl (C=O) groups is 1. The molecule has 4 nitrogen and oxygen atoms in total. The molecule has 5 heteroatoms. The first kappa shape index (κ1) is 16.4. The average Bonchev–Trinajstić information content (AvgIpc) is 3.02. The normalized spacial score (nSPS) is 11.0. The number of imidazole rings is 1. The van der Waals surface area contributed by atoms with Gasteiger partial charge in [-0.15, -0.1) is 0 Å². The van der Waals surface area contributed by atoms with Crippen molar-refractivity contribution >= 4 is 28.6 Å². The molecule has 128 valence electrons. The zero-order valence-corrected chi connectivity index (χ0v) is 14.5. The summed E-state index contributed by atoms with van der Waals surface area (Å²) in [4.78, 5) is 16.4. The number of nitrogens with zero attached hydrogens (tertiary/aromatic N) is 2. The lowest BCUT2D eigenvalue weighted by Crippen LogP contribution is -2.06. The third-order valence-electron chi connectivity index (χ3n) is 4.31. The number of carboxylic acid groups (broad SMARTS) is 1. The van der Waals surface area contributed by atoms with Crippen LogP contribution in [-0.4, -0.2) is 20.6 Å². The van der Waals surface area contributed by atoms with E-state index in [9.17, 15) is 9.90 Å². The maximum absolute atomic E-state index is 11.7. The summed E-state index contributed by atoms with van der Waals surface area (Å²) >= 11 is 5.99. The van der Waals surface area contributed by atoms with Gasteiger partial charge in [-0.2, -0.15) is 0 Å². The van der Waals surface area contributed by atoms with Crippen LogP contribution in [-0.2, 0) is 6.54 Å². The molecule has 0 fully saturated rings. The SMILES string of the molecule is O=C(O)c1ccccc1-c1nc2ccccc2n1Cc1ccc(Cl)cc1. The minimum Gasteiger partial charge on any atom is -0.478 e. The molecule has 0 radical (unpaired) electrons. The van der Waals surface area contributed by atoms with Gasteiger partial charge in [-0.3, -0.25) is 0 Å². The highest BCUT2D eigenvalue weighted by Gasteiger charge is 2.18. The Labute approximate surface area is 155 Å². The third kappa shape index (κ3) is 2.95. The van der Waals surface area contributed by atoms with Crippen LogP contribution in [0.4, 0.5) is 0 Å². The van der Waals surface area contributed by atoms with Crippen molar-refractivity contribution in [3.05, 3.63) is 88.9 Å². The van der Waals surface area contributed by atoms with E-state index in [0.717, 1.165) is 16.6 Å². The van der Waals surface area contributed by atoms with E-state index in [1.807, 2.05) is 59.2 Å². The van der Waals surface area contributed by atoms with E-state index in [0.29, 0.717) is 23.0 Å². The molecule has 1 aromatic heterocycles. The highest BCUT2D eigenvalue weighted by atomic mass is 35.5. The second-order valence-corrected chi connectivity index (χ2v) is 6.42. The fourth-order valence-corrected chi connectivity index (χ4v) is 3.20. The quantitative estimate of drug-likeness (QED) is 0.549. The second-order valence-electron chi connectivity index (χ2n) is 5.99. The third-order valence-corrected chi connectivity index (χ3v) is 4.56. The van der Waals surface area contributed by atoms with E-state index in [2.05, 4.69) is 0 Å². The van der Waals surface area contributed by atoms with Crippen LogP contribution in [0.3, 0.4) is 0 Å². The van der Waals surface area contributed by atoms with Gasteiger partial charge >= 0.3 is 5.97 Å². The molecule has 0 aliphatic heterocycles. The Hall–Kier alpha value is -3.11. The van der Waals surface area contributed by atoms with Crippen LogP contribution >= 0.6 is 11.6 Å². The Morgan fingerprint density at radius 3 is 2.42 bits per heavy atom. The van der Waals surface area contributed by atoms with Crippen LogP contribution in [0.1, 0.15) is 15.9 Å². The van der Waals surface area contributed by atoms with Gasteiger partial charge in [0.15, 0.2) is 0 Å². The highest BCUT2D eigenvalue weighted by Crippen LogP contribution is 2.28. The van der Waals surface area contributed by atoms with Crippen molar-refractivity contribution in [3.63, 3.8) is 0 Å². The van der Waals surface area contributed by atoms with E-state index < -0.39 is 5.97 Å². The van der Waals surface area contributed by atoms with Crippen LogP contribution in [0.2, 0.25) is 5.02 Å². The number of carboxylic acids is 1. The Bertz CT molecular complexity index is 1100. The number of hydrogen-bond acceptors (Lipinski definition) is 2. The lowest BCUT2D eigenvalue weighted by atomic mass is 10.1. The number of aromatic carboxylic acids is 1. The average molecular weight is 363 g/mol. The molecule has 4 aromatic rings. The van der Waals surface area contributed by atoms with Crippen LogP contribution in [0.5, 0.6) is 0 Å². The molecule has 0 saturated carbocycles. The Morgan fingerprint density at radius 1 is 0.962 bits per heavy atom. The van der Waals surface area contributed by atoms with Crippen molar-refractivity contribution in [2.24, 2.45) is 0 Å². The van der Waals surface area contributed by atoms with Gasteiger partial charge in [0.05, 0.1) is 16.6 Å². The largest absolute Gasteiger partial charge is 0.478 e. The van der Waals surface area contributed by atoms with Crippen LogP contribution in [0.25, 0.3) is 22.4 Å². The van der Waals surface area contributed by atoms with Crippen LogP contribution < -0.4 is 0 Å². The standard InChI is InChI=1S/C21H15ClN2O2/c22-15-11-9-14(10-12-15)13-24-19-8-4-3-7-18(19)23-20(24)16-5-1-2-6-17(16)21(25)26/h1-12H,13H2,(H,25,26). The summed E-state index contributed by atoms with van der Waals surface area (Å²) in [5.74, 6) is -0.329. The zero-order chi connectivity index (χ0) is 18.1. The molecular weight excluding hydrogens is 348 g/mol. The molecule has 0 bridgehead atoms. The first-order valence-electron chi connectivity index (χ1n) is 8.16. The van der Waals surface area contributed by atoms with Gasteiger partial charge in [0.25, 0.3) is 0 Å². The molecule has 0 amide bonds. The smallest absolute Gasteiger partial charge is 0.336 e. The summed E-state index contributed by atoms with van der Waals surface area (Å²) in [6.45, 7) is 0.570. The summed E-state index contributed by atoms with van der Waals surface area (Å²) < 4.78 is 2.04. The lowest BCUT2D eigenvalue weighted by Gasteiger charge is -2.11. The minimum absolute atomic E-state index is 0.236. The maximum atomic E-state index is 11.7. The topological polar surface area (TPSA) is 55.1 Å². The summed E-state index contributed by atoms with van der Waals surface area (Å²) in [6.07, 6.45) is 0. The van der Waals surface area contributed by atoms with Gasteiger partial charge in [-0.1, -0.05) is 54.1 Å². The number of hydrogen-bond donors (Lipinski definition) is 1. The zero-order valence-electron chi connectivity index (χ0n) is 13.8. The first-order valence-corrected chi connectivity index (χ1v) is 8.53. The number of fused-ring (bicyclic) bond motifs is 1. The number of aromatic nitrogens is 2. The lowest BCUT2D eigenvalue weighted by molar-refractivity contribution is 0.0697. The molecule has 0 unspecified atom stereocenters. The van der Waals surface area contributed by atoms with E-state index in [1.54, 1.807) is 18.2 Å². The Morgan fingerprint density at radius 2 is 1.65 bits per heavy atom. The van der Waals surface area contributed by atoms with Crippen molar-refractivity contribution in [2.45, 2.75) is 6.54 Å². The van der Waals surface area contributed by atoms with Crippen molar-refractivity contribution < 1.29 is 9.90 Å². The molecular formula is C21H15ClN2O2. The summed E-state index contributed by atoms with van der Waals surface area (Å²) in [6, 6.07) is 22.4. The molecule has 1 heterocycles. The van der Waals surface area contributed by atoms with E-state index >= 15 is 0 Å².